The maximum absolute atomic E-state index is 11.6. The van der Waals surface area contributed by atoms with Gasteiger partial charge in [0.25, 0.3) is 0 Å². The Morgan fingerprint density at radius 1 is 1.09 bits per heavy atom. The third-order valence-electron chi connectivity index (χ3n) is 2.89. The first-order chi connectivity index (χ1) is 10.8. The number of rotatable bonds is 12. The zero-order valence-electron chi connectivity index (χ0n) is 13.7. The fourth-order valence-corrected chi connectivity index (χ4v) is 2.26. The molecular formula is C15H26N2O5S. The van der Waals surface area contributed by atoms with E-state index in [1.165, 1.54) is 0 Å². The van der Waals surface area contributed by atoms with Gasteiger partial charge in [0, 0.05) is 51.1 Å². The zero-order valence-corrected chi connectivity index (χ0v) is 14.5. The summed E-state index contributed by atoms with van der Waals surface area (Å²) >= 11 is 1.09. The van der Waals surface area contributed by atoms with Crippen LogP contribution in [-0.4, -0.2) is 53.8 Å². The molecule has 0 aromatic heterocycles. The Morgan fingerprint density at radius 3 is 2.35 bits per heavy atom. The van der Waals surface area contributed by atoms with Gasteiger partial charge in [0.2, 0.25) is 11.8 Å². The minimum atomic E-state index is -0.472. The lowest BCUT2D eigenvalue weighted by Gasteiger charge is -2.20. The van der Waals surface area contributed by atoms with Crippen molar-refractivity contribution < 1.29 is 24.3 Å². The molecule has 0 atom stereocenters. The van der Waals surface area contributed by atoms with E-state index in [1.54, 1.807) is 13.8 Å². The molecule has 0 aliphatic heterocycles. The molecule has 7 nitrogen and oxygen atoms in total. The molecule has 0 aromatic carbocycles. The number of aldehydes is 1. The largest absolute Gasteiger partial charge is 0.396 e. The summed E-state index contributed by atoms with van der Waals surface area (Å²) in [4.78, 5) is 44.5. The number of thioether (sulfide) groups is 1. The highest BCUT2D eigenvalue weighted by atomic mass is 32.2. The van der Waals surface area contributed by atoms with Gasteiger partial charge in [-0.3, -0.25) is 14.4 Å². The maximum atomic E-state index is 11.6. The molecule has 0 radical (unpaired) electrons. The van der Waals surface area contributed by atoms with Gasteiger partial charge in [-0.05, 0) is 5.41 Å². The predicted molar refractivity (Wildman–Crippen MR) is 88.9 cm³/mol. The van der Waals surface area contributed by atoms with E-state index in [0.717, 1.165) is 11.8 Å². The lowest BCUT2D eigenvalue weighted by Crippen LogP contribution is -2.34. The fourth-order valence-electron chi connectivity index (χ4n) is 1.56. The SMILES string of the molecule is CC(C)(CO)CC(=O)NCCC(=O)NCCSC(=O)CCC=O. The van der Waals surface area contributed by atoms with Crippen LogP contribution in [0.3, 0.4) is 0 Å². The zero-order chi connectivity index (χ0) is 17.7. The lowest BCUT2D eigenvalue weighted by molar-refractivity contribution is -0.124. The second-order valence-corrected chi connectivity index (χ2v) is 7.03. The van der Waals surface area contributed by atoms with E-state index in [2.05, 4.69) is 10.6 Å². The number of carbonyl (C=O) groups is 4. The third-order valence-corrected chi connectivity index (χ3v) is 3.83. The summed E-state index contributed by atoms with van der Waals surface area (Å²) in [5, 5.41) is 14.3. The monoisotopic (exact) mass is 346 g/mol. The molecule has 8 heteroatoms. The molecule has 23 heavy (non-hydrogen) atoms. The number of carbonyl (C=O) groups excluding carboxylic acids is 4. The summed E-state index contributed by atoms with van der Waals surface area (Å²) in [6.45, 7) is 4.09. The molecule has 0 spiro atoms. The first-order valence-electron chi connectivity index (χ1n) is 7.54. The van der Waals surface area contributed by atoms with Crippen LogP contribution in [0, 0.1) is 5.41 Å². The van der Waals surface area contributed by atoms with Crippen LogP contribution in [0.1, 0.15) is 39.5 Å². The summed E-state index contributed by atoms with van der Waals surface area (Å²) in [5.41, 5.74) is -0.472. The van der Waals surface area contributed by atoms with Gasteiger partial charge in [0.15, 0.2) is 5.12 Å². The van der Waals surface area contributed by atoms with Gasteiger partial charge in [0.05, 0.1) is 0 Å². The normalized spacial score (nSPS) is 10.9. The van der Waals surface area contributed by atoms with E-state index in [1.807, 2.05) is 0 Å². The number of nitrogens with one attached hydrogen (secondary N) is 2. The second-order valence-electron chi connectivity index (χ2n) is 5.87. The Morgan fingerprint density at radius 2 is 1.74 bits per heavy atom. The van der Waals surface area contributed by atoms with Crippen molar-refractivity contribution in [1.29, 1.82) is 0 Å². The minimum absolute atomic E-state index is 0.0647. The number of hydrogen-bond acceptors (Lipinski definition) is 6. The Kier molecular flexibility index (Phi) is 11.3. The van der Waals surface area contributed by atoms with Crippen molar-refractivity contribution in [2.75, 3.05) is 25.4 Å². The van der Waals surface area contributed by atoms with Gasteiger partial charge in [0.1, 0.15) is 6.29 Å². The van der Waals surface area contributed by atoms with Crippen LogP contribution >= 0.6 is 11.8 Å². The van der Waals surface area contributed by atoms with Crippen LogP contribution in [-0.2, 0) is 19.2 Å². The summed E-state index contributed by atoms with van der Waals surface area (Å²) in [5.74, 6) is 0.0568. The van der Waals surface area contributed by atoms with Crippen molar-refractivity contribution >= 4 is 35.0 Å². The number of hydrogen-bond donors (Lipinski definition) is 3. The van der Waals surface area contributed by atoms with E-state index >= 15 is 0 Å². The first-order valence-corrected chi connectivity index (χ1v) is 8.53. The average Bonchev–Trinajstić information content (AvgIpc) is 2.49. The summed E-state index contributed by atoms with van der Waals surface area (Å²) < 4.78 is 0. The molecule has 0 aromatic rings. The van der Waals surface area contributed by atoms with E-state index in [-0.39, 0.29) is 55.8 Å². The Balaban J connectivity index is 3.66. The molecular weight excluding hydrogens is 320 g/mol. The second kappa shape index (κ2) is 12.1. The van der Waals surface area contributed by atoms with Crippen LogP contribution < -0.4 is 10.6 Å². The molecule has 0 saturated carbocycles. The van der Waals surface area contributed by atoms with Crippen LogP contribution in [0.5, 0.6) is 0 Å². The van der Waals surface area contributed by atoms with Crippen molar-refractivity contribution in [2.24, 2.45) is 5.41 Å². The Labute approximate surface area is 141 Å². The molecule has 0 aliphatic rings. The topological polar surface area (TPSA) is 113 Å². The van der Waals surface area contributed by atoms with E-state index < -0.39 is 5.41 Å². The molecule has 0 saturated heterocycles. The molecule has 0 bridgehead atoms. The number of aliphatic hydroxyl groups is 1. The van der Waals surface area contributed by atoms with E-state index in [4.69, 9.17) is 5.11 Å². The fraction of sp³-hybridized carbons (Fsp3) is 0.733. The molecule has 3 N–H and O–H groups in total. The molecule has 0 rings (SSSR count). The average molecular weight is 346 g/mol. The maximum Gasteiger partial charge on any atom is 0.221 e. The van der Waals surface area contributed by atoms with Gasteiger partial charge in [-0.1, -0.05) is 25.6 Å². The molecule has 132 valence electrons. The number of aliphatic hydroxyl groups excluding tert-OH is 1. The summed E-state index contributed by atoms with van der Waals surface area (Å²) in [6.07, 6.45) is 1.51. The molecule has 0 aliphatic carbocycles. The summed E-state index contributed by atoms with van der Waals surface area (Å²) in [6, 6.07) is 0. The van der Waals surface area contributed by atoms with E-state index in [0.29, 0.717) is 18.6 Å². The molecule has 2 amide bonds. The van der Waals surface area contributed by atoms with Crippen molar-refractivity contribution in [3.63, 3.8) is 0 Å². The van der Waals surface area contributed by atoms with Gasteiger partial charge in [-0.15, -0.1) is 0 Å². The van der Waals surface area contributed by atoms with Crippen molar-refractivity contribution in [2.45, 2.75) is 39.5 Å². The standard InChI is InChI=1S/C15H26N2O5S/c1-15(2,11-19)10-13(21)16-6-5-12(20)17-7-9-23-14(22)4-3-8-18/h8,19H,3-7,9-11H2,1-2H3,(H,16,21)(H,17,20). The quantitative estimate of drug-likeness (QED) is 0.345. The Hall–Kier alpha value is -1.41. The van der Waals surface area contributed by atoms with Gasteiger partial charge < -0.3 is 20.5 Å². The minimum Gasteiger partial charge on any atom is -0.396 e. The van der Waals surface area contributed by atoms with Crippen molar-refractivity contribution in [1.82, 2.24) is 10.6 Å². The number of amides is 2. The highest BCUT2D eigenvalue weighted by Gasteiger charge is 2.20. The molecule has 0 unspecified atom stereocenters. The lowest BCUT2D eigenvalue weighted by atomic mass is 9.90. The highest BCUT2D eigenvalue weighted by Crippen LogP contribution is 2.18. The van der Waals surface area contributed by atoms with E-state index in [9.17, 15) is 19.2 Å². The van der Waals surface area contributed by atoms with Gasteiger partial charge in [-0.25, -0.2) is 0 Å². The highest BCUT2D eigenvalue weighted by molar-refractivity contribution is 8.13. The predicted octanol–water partition coefficient (Wildman–Crippen LogP) is 0.256. The van der Waals surface area contributed by atoms with Crippen LogP contribution in [0.15, 0.2) is 0 Å². The van der Waals surface area contributed by atoms with Gasteiger partial charge >= 0.3 is 0 Å². The van der Waals surface area contributed by atoms with Crippen LogP contribution in [0.2, 0.25) is 0 Å². The third kappa shape index (κ3) is 12.8. The van der Waals surface area contributed by atoms with Crippen LogP contribution in [0.4, 0.5) is 0 Å². The van der Waals surface area contributed by atoms with Crippen LogP contribution in [0.25, 0.3) is 0 Å². The Bertz CT molecular complexity index is 413. The van der Waals surface area contributed by atoms with Crippen molar-refractivity contribution in [3.05, 3.63) is 0 Å². The smallest absolute Gasteiger partial charge is 0.221 e. The van der Waals surface area contributed by atoms with Crippen molar-refractivity contribution in [3.8, 4) is 0 Å². The first kappa shape index (κ1) is 21.6. The summed E-state index contributed by atoms with van der Waals surface area (Å²) in [7, 11) is 0. The van der Waals surface area contributed by atoms with Gasteiger partial charge in [-0.2, -0.15) is 0 Å². The molecule has 0 fully saturated rings. The molecule has 0 heterocycles.